The number of carbonyl (C=O) groups excluding carboxylic acids is 3. The van der Waals surface area contributed by atoms with Crippen molar-refractivity contribution in [1.29, 1.82) is 0 Å². The van der Waals surface area contributed by atoms with Gasteiger partial charge in [-0.3, -0.25) is 19.7 Å². The Morgan fingerprint density at radius 1 is 1.00 bits per heavy atom. The Kier molecular flexibility index (Phi) is 2.77. The maximum absolute atomic E-state index is 12.4. The Morgan fingerprint density at radius 3 is 2.65 bits per heavy atom. The Morgan fingerprint density at radius 2 is 1.83 bits per heavy atom. The smallest absolute Gasteiger partial charge is 0.291 e. The third-order valence-electron chi connectivity index (χ3n) is 3.66. The molecule has 0 unspecified atom stereocenters. The van der Waals surface area contributed by atoms with E-state index in [4.69, 9.17) is 4.42 Å². The molecular weight excluding hydrogens is 296 g/mol. The van der Waals surface area contributed by atoms with Crippen LogP contribution in [0.1, 0.15) is 31.3 Å². The predicted octanol–water partition coefficient (Wildman–Crippen LogP) is 2.57. The number of benzene rings is 2. The summed E-state index contributed by atoms with van der Waals surface area (Å²) in [6.07, 6.45) is 0. The predicted molar refractivity (Wildman–Crippen MR) is 82.4 cm³/mol. The van der Waals surface area contributed by atoms with Crippen LogP contribution in [-0.4, -0.2) is 17.7 Å². The lowest BCUT2D eigenvalue weighted by Gasteiger charge is -2.06. The van der Waals surface area contributed by atoms with E-state index in [0.717, 1.165) is 5.39 Å². The summed E-state index contributed by atoms with van der Waals surface area (Å²) in [4.78, 5) is 35.8. The summed E-state index contributed by atoms with van der Waals surface area (Å²) in [5, 5.41) is 5.64. The first-order valence-corrected chi connectivity index (χ1v) is 6.92. The minimum Gasteiger partial charge on any atom is -0.451 e. The van der Waals surface area contributed by atoms with E-state index in [9.17, 15) is 14.4 Å². The largest absolute Gasteiger partial charge is 0.451 e. The fraction of sp³-hybridized carbons (Fsp3) is 0. The molecule has 112 valence electrons. The molecule has 2 heterocycles. The molecule has 3 aromatic rings. The van der Waals surface area contributed by atoms with Gasteiger partial charge in [-0.15, -0.1) is 0 Å². The van der Waals surface area contributed by atoms with Gasteiger partial charge < -0.3 is 9.73 Å². The molecule has 0 saturated carbocycles. The topological polar surface area (TPSA) is 88.4 Å². The van der Waals surface area contributed by atoms with Crippen molar-refractivity contribution in [1.82, 2.24) is 5.32 Å². The van der Waals surface area contributed by atoms with E-state index < -0.39 is 17.7 Å². The number of anilines is 1. The van der Waals surface area contributed by atoms with Crippen LogP contribution in [0.4, 0.5) is 5.69 Å². The average Bonchev–Trinajstić information content (AvgIpc) is 3.10. The zero-order valence-corrected chi connectivity index (χ0v) is 11.8. The minimum absolute atomic E-state index is 0.133. The van der Waals surface area contributed by atoms with Gasteiger partial charge >= 0.3 is 0 Å². The van der Waals surface area contributed by atoms with Crippen LogP contribution in [0.5, 0.6) is 0 Å². The monoisotopic (exact) mass is 306 g/mol. The molecule has 6 nitrogen and oxygen atoms in total. The van der Waals surface area contributed by atoms with Gasteiger partial charge in [0, 0.05) is 5.39 Å². The van der Waals surface area contributed by atoms with Gasteiger partial charge in [-0.25, -0.2) is 0 Å². The van der Waals surface area contributed by atoms with Gasteiger partial charge in [-0.05, 0) is 24.3 Å². The number of rotatable bonds is 2. The van der Waals surface area contributed by atoms with Crippen LogP contribution >= 0.6 is 0 Å². The number of hydrogen-bond donors (Lipinski definition) is 2. The number of nitrogens with one attached hydrogen (secondary N) is 2. The van der Waals surface area contributed by atoms with E-state index in [1.54, 1.807) is 24.3 Å². The second kappa shape index (κ2) is 4.81. The summed E-state index contributed by atoms with van der Waals surface area (Å²) < 4.78 is 5.49. The van der Waals surface area contributed by atoms with Crippen molar-refractivity contribution in [2.75, 3.05) is 5.32 Å². The van der Waals surface area contributed by atoms with Crippen molar-refractivity contribution in [3.63, 3.8) is 0 Å². The van der Waals surface area contributed by atoms with Gasteiger partial charge in [-0.2, -0.15) is 0 Å². The van der Waals surface area contributed by atoms with Crippen LogP contribution < -0.4 is 10.6 Å². The van der Waals surface area contributed by atoms with Gasteiger partial charge in [0.15, 0.2) is 5.76 Å². The van der Waals surface area contributed by atoms with Crippen molar-refractivity contribution in [3.8, 4) is 0 Å². The zero-order valence-electron chi connectivity index (χ0n) is 11.8. The maximum atomic E-state index is 12.4. The molecule has 1 aliphatic rings. The quantitative estimate of drug-likeness (QED) is 0.712. The molecule has 0 aliphatic carbocycles. The molecule has 2 N–H and O–H groups in total. The fourth-order valence-electron chi connectivity index (χ4n) is 2.60. The number of amides is 3. The zero-order chi connectivity index (χ0) is 16.0. The van der Waals surface area contributed by atoms with Crippen molar-refractivity contribution < 1.29 is 18.8 Å². The van der Waals surface area contributed by atoms with Gasteiger partial charge in [-0.1, -0.05) is 24.3 Å². The molecule has 3 amide bonds. The first kappa shape index (κ1) is 13.3. The third kappa shape index (κ3) is 2.08. The summed E-state index contributed by atoms with van der Waals surface area (Å²) in [6.45, 7) is 0. The second-order valence-corrected chi connectivity index (χ2v) is 5.11. The van der Waals surface area contributed by atoms with E-state index in [1.807, 2.05) is 18.2 Å². The first-order chi connectivity index (χ1) is 11.1. The van der Waals surface area contributed by atoms with E-state index in [-0.39, 0.29) is 22.6 Å². The van der Waals surface area contributed by atoms with Crippen LogP contribution in [0.15, 0.2) is 52.9 Å². The Hall–Kier alpha value is -3.41. The van der Waals surface area contributed by atoms with Crippen LogP contribution in [0.25, 0.3) is 11.0 Å². The van der Waals surface area contributed by atoms with E-state index in [0.29, 0.717) is 5.58 Å². The molecule has 23 heavy (non-hydrogen) atoms. The lowest BCUT2D eigenvalue weighted by molar-refractivity contribution is 0.0879. The fourth-order valence-corrected chi connectivity index (χ4v) is 2.60. The van der Waals surface area contributed by atoms with E-state index in [2.05, 4.69) is 10.6 Å². The van der Waals surface area contributed by atoms with Crippen molar-refractivity contribution in [2.24, 2.45) is 0 Å². The van der Waals surface area contributed by atoms with Crippen LogP contribution in [-0.2, 0) is 0 Å². The molecule has 1 aromatic heterocycles. The van der Waals surface area contributed by atoms with Gasteiger partial charge in [0.25, 0.3) is 17.7 Å². The molecule has 1 aliphatic heterocycles. The summed E-state index contributed by atoms with van der Waals surface area (Å²) in [5.41, 5.74) is 1.29. The summed E-state index contributed by atoms with van der Waals surface area (Å²) >= 11 is 0. The maximum Gasteiger partial charge on any atom is 0.291 e. The van der Waals surface area contributed by atoms with Crippen LogP contribution in [0.2, 0.25) is 0 Å². The molecule has 0 bridgehead atoms. The molecular formula is C17H10N2O4. The molecule has 0 fully saturated rings. The highest BCUT2D eigenvalue weighted by molar-refractivity contribution is 6.25. The second-order valence-electron chi connectivity index (χ2n) is 5.11. The number of furan rings is 1. The van der Waals surface area contributed by atoms with Gasteiger partial charge in [0.2, 0.25) is 0 Å². The van der Waals surface area contributed by atoms with Gasteiger partial charge in [0.1, 0.15) is 5.58 Å². The van der Waals surface area contributed by atoms with Crippen molar-refractivity contribution in [2.45, 2.75) is 0 Å². The Bertz CT molecular complexity index is 954. The lowest BCUT2D eigenvalue weighted by atomic mass is 10.1. The lowest BCUT2D eigenvalue weighted by Crippen LogP contribution is -2.20. The molecule has 0 radical (unpaired) electrons. The summed E-state index contributed by atoms with van der Waals surface area (Å²) in [6, 6.07) is 13.6. The summed E-state index contributed by atoms with van der Waals surface area (Å²) in [7, 11) is 0. The highest BCUT2D eigenvalue weighted by Gasteiger charge is 2.30. The number of fused-ring (bicyclic) bond motifs is 2. The van der Waals surface area contributed by atoms with E-state index in [1.165, 1.54) is 6.07 Å². The number of hydrogen-bond acceptors (Lipinski definition) is 4. The standard InChI is InChI=1S/C17H10N2O4/c20-15-10-5-3-6-11(14(10)17(22)19-15)18-16(21)13-8-9-4-1-2-7-12(9)23-13/h1-8H,(H,18,21)(H,19,20,22). The van der Waals surface area contributed by atoms with Crippen LogP contribution in [0.3, 0.4) is 0 Å². The number of imide groups is 1. The van der Waals surface area contributed by atoms with Crippen molar-refractivity contribution >= 4 is 34.4 Å². The SMILES string of the molecule is O=C(Nc1cccc2c1C(=O)NC2=O)c1cc2ccccc2o1. The molecule has 4 rings (SSSR count). The van der Waals surface area contributed by atoms with Crippen LogP contribution in [0, 0.1) is 0 Å². The highest BCUT2D eigenvalue weighted by atomic mass is 16.3. The molecule has 6 heteroatoms. The molecule has 0 saturated heterocycles. The van der Waals surface area contributed by atoms with Gasteiger partial charge in [0.05, 0.1) is 16.8 Å². The summed E-state index contributed by atoms with van der Waals surface area (Å²) in [5.74, 6) is -1.34. The molecule has 0 atom stereocenters. The highest BCUT2D eigenvalue weighted by Crippen LogP contribution is 2.26. The molecule has 2 aromatic carbocycles. The van der Waals surface area contributed by atoms with E-state index >= 15 is 0 Å². The molecule has 0 spiro atoms. The third-order valence-corrected chi connectivity index (χ3v) is 3.66. The number of para-hydroxylation sites is 1. The Labute approximate surface area is 130 Å². The average molecular weight is 306 g/mol. The first-order valence-electron chi connectivity index (χ1n) is 6.92. The normalized spacial score (nSPS) is 13.0. The van der Waals surface area contributed by atoms with Crippen molar-refractivity contribution in [3.05, 3.63) is 65.4 Å². The minimum atomic E-state index is -0.523. The number of carbonyl (C=O) groups is 3. The Balaban J connectivity index is 1.70.